The molecule has 0 aliphatic rings. The van der Waals surface area contributed by atoms with Crippen molar-refractivity contribution in [1.82, 2.24) is 0 Å². The second kappa shape index (κ2) is 9.22. The Bertz CT molecular complexity index is 1050. The summed E-state index contributed by atoms with van der Waals surface area (Å²) in [6.45, 7) is 0. The minimum Gasteiger partial charge on any atom is -0.477 e. The third-order valence-corrected chi connectivity index (χ3v) is 5.92. The van der Waals surface area contributed by atoms with Gasteiger partial charge in [-0.1, -0.05) is 21.6 Å². The Labute approximate surface area is 181 Å². The van der Waals surface area contributed by atoms with E-state index in [4.69, 9.17) is 10.2 Å². The SMILES string of the molecule is O=C(O)c1cc(SSc2cc(C(=O)O)c([N+](=O)[O-])c([N+](=O)[O-])c2)cc([N+](=O)[O-])c1[N+](=O)[O-]. The van der Waals surface area contributed by atoms with Crippen molar-refractivity contribution in [3.8, 4) is 0 Å². The third kappa shape index (κ3) is 4.87. The first-order chi connectivity index (χ1) is 14.8. The van der Waals surface area contributed by atoms with Crippen LogP contribution in [0.3, 0.4) is 0 Å². The molecular weight excluding hydrogens is 480 g/mol. The quantitative estimate of drug-likeness (QED) is 0.292. The van der Waals surface area contributed by atoms with E-state index in [2.05, 4.69) is 0 Å². The number of rotatable bonds is 9. The van der Waals surface area contributed by atoms with Crippen LogP contribution in [0.4, 0.5) is 22.7 Å². The van der Waals surface area contributed by atoms with E-state index in [9.17, 15) is 50.0 Å². The molecule has 2 aromatic carbocycles. The molecule has 32 heavy (non-hydrogen) atoms. The minimum atomic E-state index is -1.83. The van der Waals surface area contributed by atoms with E-state index < -0.39 is 65.5 Å². The highest BCUT2D eigenvalue weighted by Gasteiger charge is 2.35. The average molecular weight is 486 g/mol. The summed E-state index contributed by atoms with van der Waals surface area (Å²) in [7, 11) is 1.11. The fourth-order valence-corrected chi connectivity index (χ4v) is 4.37. The molecule has 0 amide bonds. The van der Waals surface area contributed by atoms with Gasteiger partial charge in [0, 0.05) is 21.9 Å². The lowest BCUT2D eigenvalue weighted by molar-refractivity contribution is -0.422. The summed E-state index contributed by atoms with van der Waals surface area (Å²) in [6.07, 6.45) is 0. The number of hydrogen-bond donors (Lipinski definition) is 2. The topological polar surface area (TPSA) is 247 Å². The zero-order chi connectivity index (χ0) is 24.3. The Hall–Kier alpha value is -4.32. The molecule has 0 fully saturated rings. The van der Waals surface area contributed by atoms with Crippen molar-refractivity contribution in [2.24, 2.45) is 0 Å². The van der Waals surface area contributed by atoms with Gasteiger partial charge in [-0.05, 0) is 12.1 Å². The molecule has 0 radical (unpaired) electrons. The van der Waals surface area contributed by atoms with E-state index in [-0.39, 0.29) is 9.79 Å². The molecular formula is C14H6N4O12S2. The third-order valence-electron chi connectivity index (χ3n) is 3.58. The van der Waals surface area contributed by atoms with Crippen LogP contribution in [-0.4, -0.2) is 41.8 Å². The molecule has 166 valence electrons. The van der Waals surface area contributed by atoms with Crippen molar-refractivity contribution in [3.05, 3.63) is 75.8 Å². The summed E-state index contributed by atoms with van der Waals surface area (Å²) in [6, 6.07) is 2.90. The molecule has 0 aliphatic heterocycles. The summed E-state index contributed by atoms with van der Waals surface area (Å²) < 4.78 is 0. The Morgan fingerprint density at radius 3 is 1.16 bits per heavy atom. The molecule has 2 aromatic rings. The van der Waals surface area contributed by atoms with Gasteiger partial charge in [0.1, 0.15) is 11.1 Å². The molecule has 16 nitrogen and oxygen atoms in total. The maximum Gasteiger partial charge on any atom is 0.360 e. The van der Waals surface area contributed by atoms with E-state index in [0.29, 0.717) is 33.7 Å². The smallest absolute Gasteiger partial charge is 0.360 e. The van der Waals surface area contributed by atoms with Crippen LogP contribution in [0.2, 0.25) is 0 Å². The Morgan fingerprint density at radius 1 is 0.625 bits per heavy atom. The van der Waals surface area contributed by atoms with Gasteiger partial charge in [-0.3, -0.25) is 40.5 Å². The number of carbonyl (C=O) groups is 2. The van der Waals surface area contributed by atoms with E-state index in [1.54, 1.807) is 0 Å². The van der Waals surface area contributed by atoms with Gasteiger partial charge in [-0.15, -0.1) is 0 Å². The van der Waals surface area contributed by atoms with Crippen molar-refractivity contribution in [2.75, 3.05) is 0 Å². The molecule has 0 saturated heterocycles. The van der Waals surface area contributed by atoms with Crippen molar-refractivity contribution in [1.29, 1.82) is 0 Å². The predicted octanol–water partition coefficient (Wildman–Crippen LogP) is 3.52. The predicted molar refractivity (Wildman–Crippen MR) is 105 cm³/mol. The van der Waals surface area contributed by atoms with Crippen molar-refractivity contribution in [2.45, 2.75) is 9.79 Å². The highest BCUT2D eigenvalue weighted by atomic mass is 33.1. The normalized spacial score (nSPS) is 10.4. The second-order valence-electron chi connectivity index (χ2n) is 5.48. The molecule has 2 N–H and O–H groups in total. The largest absolute Gasteiger partial charge is 0.477 e. The van der Waals surface area contributed by atoms with Crippen LogP contribution < -0.4 is 0 Å². The molecule has 0 unspecified atom stereocenters. The molecule has 0 heterocycles. The lowest BCUT2D eigenvalue weighted by Crippen LogP contribution is -2.06. The Kier molecular flexibility index (Phi) is 6.90. The van der Waals surface area contributed by atoms with E-state index >= 15 is 0 Å². The molecule has 0 spiro atoms. The zero-order valence-corrected chi connectivity index (χ0v) is 16.5. The number of nitro benzene ring substituents is 4. The van der Waals surface area contributed by atoms with Gasteiger partial charge in [-0.2, -0.15) is 0 Å². The first-order valence-corrected chi connectivity index (χ1v) is 9.74. The van der Waals surface area contributed by atoms with E-state index in [0.717, 1.165) is 12.1 Å². The van der Waals surface area contributed by atoms with Crippen LogP contribution >= 0.6 is 21.6 Å². The summed E-state index contributed by atoms with van der Waals surface area (Å²) >= 11 is 0. The Balaban J connectivity index is 2.57. The summed E-state index contributed by atoms with van der Waals surface area (Å²) in [5, 5.41) is 62.8. The standard InChI is InChI=1S/C14H6N4O12S2/c19-13(20)7-1-5(3-9(15(23)24)11(7)17(27)28)31-32-6-2-8(14(21)22)12(18(29)30)10(4-6)16(25)26/h1-4H,(H,19,20)(H,21,22). The molecule has 0 aromatic heterocycles. The van der Waals surface area contributed by atoms with Gasteiger partial charge in [0.25, 0.3) is 0 Å². The number of nitro groups is 4. The fraction of sp³-hybridized carbons (Fsp3) is 0. The van der Waals surface area contributed by atoms with Gasteiger partial charge in [-0.25, -0.2) is 9.59 Å². The van der Waals surface area contributed by atoms with Gasteiger partial charge in [0.05, 0.1) is 19.7 Å². The zero-order valence-electron chi connectivity index (χ0n) is 14.9. The van der Waals surface area contributed by atoms with Crippen LogP contribution in [0.5, 0.6) is 0 Å². The van der Waals surface area contributed by atoms with Crippen LogP contribution in [0.15, 0.2) is 34.1 Å². The van der Waals surface area contributed by atoms with Crippen molar-refractivity contribution >= 4 is 56.3 Å². The Morgan fingerprint density at radius 2 is 0.938 bits per heavy atom. The average Bonchev–Trinajstić information content (AvgIpc) is 2.69. The van der Waals surface area contributed by atoms with Crippen molar-refractivity contribution < 1.29 is 39.5 Å². The van der Waals surface area contributed by atoms with Gasteiger partial charge < -0.3 is 10.2 Å². The first-order valence-electron chi connectivity index (χ1n) is 7.59. The van der Waals surface area contributed by atoms with Crippen LogP contribution in [0.1, 0.15) is 20.7 Å². The monoisotopic (exact) mass is 486 g/mol. The maximum absolute atomic E-state index is 11.3. The van der Waals surface area contributed by atoms with Gasteiger partial charge >= 0.3 is 34.7 Å². The van der Waals surface area contributed by atoms with E-state index in [1.165, 1.54) is 0 Å². The van der Waals surface area contributed by atoms with Crippen LogP contribution in [-0.2, 0) is 0 Å². The molecule has 0 aliphatic carbocycles. The minimum absolute atomic E-state index is 0.192. The number of hydrogen-bond acceptors (Lipinski definition) is 12. The highest BCUT2D eigenvalue weighted by Crippen LogP contribution is 2.45. The molecule has 0 saturated carbocycles. The molecule has 0 bridgehead atoms. The number of nitrogens with zero attached hydrogens (tertiary/aromatic N) is 4. The van der Waals surface area contributed by atoms with Crippen LogP contribution in [0, 0.1) is 40.5 Å². The van der Waals surface area contributed by atoms with Gasteiger partial charge in [0.15, 0.2) is 0 Å². The van der Waals surface area contributed by atoms with Crippen molar-refractivity contribution in [3.63, 3.8) is 0 Å². The lowest BCUT2D eigenvalue weighted by Gasteiger charge is -2.06. The maximum atomic E-state index is 11.3. The fourth-order valence-electron chi connectivity index (χ4n) is 2.37. The summed E-state index contributed by atoms with van der Waals surface area (Å²) in [5.74, 6) is -3.65. The number of carboxylic acids is 2. The molecule has 2 rings (SSSR count). The van der Waals surface area contributed by atoms with E-state index in [1.807, 2.05) is 0 Å². The number of benzene rings is 2. The lowest BCUT2D eigenvalue weighted by atomic mass is 10.1. The molecule has 0 atom stereocenters. The van der Waals surface area contributed by atoms with Crippen LogP contribution in [0.25, 0.3) is 0 Å². The van der Waals surface area contributed by atoms with Gasteiger partial charge in [0.2, 0.25) is 0 Å². The first kappa shape index (κ1) is 24.0. The summed E-state index contributed by atoms with van der Waals surface area (Å²) in [4.78, 5) is 61.9. The number of aromatic carboxylic acids is 2. The number of carboxylic acid groups (broad SMARTS) is 2. The highest BCUT2D eigenvalue weighted by molar-refractivity contribution is 8.76. The molecule has 18 heteroatoms. The second-order valence-corrected chi connectivity index (χ2v) is 7.76. The summed E-state index contributed by atoms with van der Waals surface area (Å²) in [5.41, 5.74) is -6.74.